The molecule has 30 heavy (non-hydrogen) atoms. The van der Waals surface area contributed by atoms with Crippen LogP contribution in [0.3, 0.4) is 0 Å². The molecule has 4 unspecified atom stereocenters. The molecule has 1 aromatic heterocycles. The maximum Gasteiger partial charge on any atom is 0.127 e. The SMILES string of the molecule is COc1c(C2OC(CO)CC(O)C2O)cc(Cc2cc3ccccc3s2)c(C)c1C. The van der Waals surface area contributed by atoms with Crippen molar-refractivity contribution >= 4 is 21.4 Å². The van der Waals surface area contributed by atoms with E-state index in [1.54, 1.807) is 18.4 Å². The highest BCUT2D eigenvalue weighted by Gasteiger charge is 2.39. The minimum absolute atomic E-state index is 0.204. The van der Waals surface area contributed by atoms with E-state index >= 15 is 0 Å². The van der Waals surface area contributed by atoms with Crippen molar-refractivity contribution in [1.82, 2.24) is 0 Å². The predicted molar refractivity (Wildman–Crippen MR) is 118 cm³/mol. The van der Waals surface area contributed by atoms with Gasteiger partial charge in [-0.2, -0.15) is 0 Å². The predicted octanol–water partition coefficient (Wildman–Crippen LogP) is 3.66. The summed E-state index contributed by atoms with van der Waals surface area (Å²) in [6.07, 6.45) is -2.36. The van der Waals surface area contributed by atoms with E-state index in [2.05, 4.69) is 25.1 Å². The second-order valence-corrected chi connectivity index (χ2v) is 9.16. The molecule has 0 aliphatic carbocycles. The summed E-state index contributed by atoms with van der Waals surface area (Å²) in [5.41, 5.74) is 3.97. The van der Waals surface area contributed by atoms with Gasteiger partial charge in [0.2, 0.25) is 0 Å². The van der Waals surface area contributed by atoms with Crippen LogP contribution >= 0.6 is 11.3 Å². The van der Waals surface area contributed by atoms with Gasteiger partial charge in [-0.3, -0.25) is 0 Å². The lowest BCUT2D eigenvalue weighted by molar-refractivity contribution is -0.180. The maximum absolute atomic E-state index is 10.7. The molecule has 1 saturated heterocycles. The molecule has 0 spiro atoms. The van der Waals surface area contributed by atoms with Gasteiger partial charge in [-0.25, -0.2) is 0 Å². The third-order valence-corrected chi connectivity index (χ3v) is 7.20. The van der Waals surface area contributed by atoms with Crippen LogP contribution in [0, 0.1) is 13.8 Å². The van der Waals surface area contributed by atoms with Gasteiger partial charge in [0, 0.05) is 28.0 Å². The highest BCUT2D eigenvalue weighted by Crippen LogP contribution is 2.41. The van der Waals surface area contributed by atoms with E-state index in [1.807, 2.05) is 25.1 Å². The van der Waals surface area contributed by atoms with Crippen molar-refractivity contribution in [2.45, 2.75) is 51.1 Å². The van der Waals surface area contributed by atoms with Gasteiger partial charge in [-0.05, 0) is 54.1 Å². The van der Waals surface area contributed by atoms with Gasteiger partial charge >= 0.3 is 0 Å². The number of ether oxygens (including phenoxy) is 2. The Kier molecular flexibility index (Phi) is 6.14. The third-order valence-electron chi connectivity index (χ3n) is 6.08. The Morgan fingerprint density at radius 2 is 1.90 bits per heavy atom. The molecular weight excluding hydrogens is 400 g/mol. The van der Waals surface area contributed by atoms with Crippen molar-refractivity contribution in [2.75, 3.05) is 13.7 Å². The lowest BCUT2D eigenvalue weighted by Gasteiger charge is -2.37. The Morgan fingerprint density at radius 1 is 1.13 bits per heavy atom. The van der Waals surface area contributed by atoms with Crippen LogP contribution in [0.15, 0.2) is 36.4 Å². The van der Waals surface area contributed by atoms with Crippen molar-refractivity contribution in [3.63, 3.8) is 0 Å². The van der Waals surface area contributed by atoms with Crippen LogP contribution in [0.25, 0.3) is 10.1 Å². The third kappa shape index (κ3) is 3.86. The molecule has 0 bridgehead atoms. The van der Waals surface area contributed by atoms with Crippen LogP contribution in [-0.2, 0) is 11.2 Å². The first-order chi connectivity index (χ1) is 14.4. The minimum Gasteiger partial charge on any atom is -0.496 e. The average Bonchev–Trinajstić information content (AvgIpc) is 3.15. The van der Waals surface area contributed by atoms with Crippen molar-refractivity contribution in [3.8, 4) is 5.75 Å². The first kappa shape index (κ1) is 21.3. The Hall–Kier alpha value is -1.96. The molecule has 4 rings (SSSR count). The van der Waals surface area contributed by atoms with E-state index in [9.17, 15) is 15.3 Å². The highest BCUT2D eigenvalue weighted by molar-refractivity contribution is 7.19. The molecule has 1 aliphatic rings. The first-order valence-corrected chi connectivity index (χ1v) is 11.0. The number of thiophene rings is 1. The number of aliphatic hydroxyl groups is 3. The molecule has 1 fully saturated rings. The zero-order valence-electron chi connectivity index (χ0n) is 17.5. The Morgan fingerprint density at radius 3 is 2.60 bits per heavy atom. The van der Waals surface area contributed by atoms with Crippen LogP contribution < -0.4 is 4.74 Å². The largest absolute Gasteiger partial charge is 0.496 e. The zero-order chi connectivity index (χ0) is 21.4. The number of aliphatic hydroxyl groups excluding tert-OH is 3. The van der Waals surface area contributed by atoms with Gasteiger partial charge < -0.3 is 24.8 Å². The van der Waals surface area contributed by atoms with E-state index in [1.165, 1.54) is 15.0 Å². The summed E-state index contributed by atoms with van der Waals surface area (Å²) in [5.74, 6) is 0.655. The molecule has 2 aromatic carbocycles. The fourth-order valence-corrected chi connectivity index (χ4v) is 5.38. The van der Waals surface area contributed by atoms with Crippen LogP contribution in [0.5, 0.6) is 5.75 Å². The van der Waals surface area contributed by atoms with Crippen molar-refractivity contribution in [3.05, 3.63) is 63.5 Å². The Bertz CT molecular complexity index is 1010. The summed E-state index contributed by atoms with van der Waals surface area (Å²) < 4.78 is 12.9. The number of methoxy groups -OCH3 is 1. The van der Waals surface area contributed by atoms with Gasteiger partial charge in [0.25, 0.3) is 0 Å². The van der Waals surface area contributed by atoms with Gasteiger partial charge in [0.1, 0.15) is 18.0 Å². The van der Waals surface area contributed by atoms with Gasteiger partial charge in [0.05, 0.1) is 25.9 Å². The summed E-state index contributed by atoms with van der Waals surface area (Å²) in [5, 5.41) is 31.7. The zero-order valence-corrected chi connectivity index (χ0v) is 18.3. The molecule has 3 aromatic rings. The van der Waals surface area contributed by atoms with Crippen molar-refractivity contribution < 1.29 is 24.8 Å². The Labute approximate surface area is 180 Å². The summed E-state index contributed by atoms with van der Waals surface area (Å²) in [6.45, 7) is 3.87. The summed E-state index contributed by atoms with van der Waals surface area (Å²) in [7, 11) is 1.60. The minimum atomic E-state index is -1.08. The van der Waals surface area contributed by atoms with Crippen LogP contribution in [-0.4, -0.2) is 47.3 Å². The second kappa shape index (κ2) is 8.65. The molecule has 0 saturated carbocycles. The van der Waals surface area contributed by atoms with Gasteiger partial charge in [-0.15, -0.1) is 11.3 Å². The van der Waals surface area contributed by atoms with E-state index in [0.29, 0.717) is 11.3 Å². The Balaban J connectivity index is 1.76. The second-order valence-electron chi connectivity index (χ2n) is 7.99. The fourth-order valence-electron chi connectivity index (χ4n) is 4.30. The van der Waals surface area contributed by atoms with Crippen LogP contribution in [0.4, 0.5) is 0 Å². The van der Waals surface area contributed by atoms with Crippen LogP contribution in [0.1, 0.15) is 39.7 Å². The molecular formula is C24H28O5S. The van der Waals surface area contributed by atoms with E-state index in [0.717, 1.165) is 23.1 Å². The number of fused-ring (bicyclic) bond motifs is 1. The maximum atomic E-state index is 10.7. The molecule has 3 N–H and O–H groups in total. The molecule has 0 amide bonds. The number of rotatable bonds is 5. The summed E-state index contributed by atoms with van der Waals surface area (Å²) in [6, 6.07) is 12.6. The number of hydrogen-bond donors (Lipinski definition) is 3. The molecule has 5 nitrogen and oxygen atoms in total. The molecule has 0 radical (unpaired) electrons. The average molecular weight is 429 g/mol. The van der Waals surface area contributed by atoms with Crippen LogP contribution in [0.2, 0.25) is 0 Å². The molecule has 1 aliphatic heterocycles. The fraction of sp³-hybridized carbons (Fsp3) is 0.417. The normalized spacial score (nSPS) is 24.3. The summed E-state index contributed by atoms with van der Waals surface area (Å²) >= 11 is 1.78. The molecule has 4 atom stereocenters. The smallest absolute Gasteiger partial charge is 0.127 e. The molecule has 160 valence electrons. The first-order valence-electron chi connectivity index (χ1n) is 10.2. The van der Waals surface area contributed by atoms with Gasteiger partial charge in [0.15, 0.2) is 0 Å². The van der Waals surface area contributed by atoms with E-state index in [4.69, 9.17) is 9.47 Å². The molecule has 2 heterocycles. The number of benzene rings is 2. The van der Waals surface area contributed by atoms with Gasteiger partial charge in [-0.1, -0.05) is 18.2 Å². The monoisotopic (exact) mass is 428 g/mol. The summed E-state index contributed by atoms with van der Waals surface area (Å²) in [4.78, 5) is 1.26. The standard InChI is InChI=1S/C24H28O5S/c1-13-14(2)23(28-3)19(24-22(27)20(26)11-17(12-25)29-24)10-16(13)9-18-8-15-6-4-5-7-21(15)30-18/h4-8,10,17,20,22,24-27H,9,11-12H2,1-3H3. The number of hydrogen-bond acceptors (Lipinski definition) is 6. The van der Waals surface area contributed by atoms with E-state index < -0.39 is 24.4 Å². The quantitative estimate of drug-likeness (QED) is 0.578. The topological polar surface area (TPSA) is 79.2 Å². The highest BCUT2D eigenvalue weighted by atomic mass is 32.1. The van der Waals surface area contributed by atoms with Crippen molar-refractivity contribution in [2.24, 2.45) is 0 Å². The van der Waals surface area contributed by atoms with Crippen molar-refractivity contribution in [1.29, 1.82) is 0 Å². The lowest BCUT2D eigenvalue weighted by atomic mass is 9.88. The van der Waals surface area contributed by atoms with E-state index in [-0.39, 0.29) is 13.0 Å². The molecule has 6 heteroatoms. The lowest BCUT2D eigenvalue weighted by Crippen LogP contribution is -2.44.